The molecule has 2 aliphatic heterocycles. The van der Waals surface area contributed by atoms with Crippen LogP contribution >= 0.6 is 0 Å². The second-order valence-electron chi connectivity index (χ2n) is 3.27. The highest BCUT2D eigenvalue weighted by Gasteiger charge is 2.49. The smallest absolute Gasteiger partial charge is 0.136 e. The quantitative estimate of drug-likeness (QED) is 0.585. The van der Waals surface area contributed by atoms with Gasteiger partial charge in [0.1, 0.15) is 24.4 Å². The van der Waals surface area contributed by atoms with E-state index < -0.39 is 6.10 Å². The first kappa shape index (κ1) is 10.2. The van der Waals surface area contributed by atoms with Gasteiger partial charge in [0.2, 0.25) is 0 Å². The van der Waals surface area contributed by atoms with Crippen molar-refractivity contribution >= 4 is 0 Å². The minimum atomic E-state index is -0.504. The van der Waals surface area contributed by atoms with Crippen LogP contribution in [-0.2, 0) is 19.0 Å². The van der Waals surface area contributed by atoms with Crippen LogP contribution in [-0.4, -0.2) is 60.5 Å². The maximum absolute atomic E-state index is 8.48. The van der Waals surface area contributed by atoms with Gasteiger partial charge in [0.25, 0.3) is 0 Å². The van der Waals surface area contributed by atoms with E-state index in [2.05, 4.69) is 4.84 Å². The van der Waals surface area contributed by atoms with E-state index in [4.69, 9.17) is 24.6 Å². The normalized spacial score (nSPS) is 42.0. The van der Waals surface area contributed by atoms with Gasteiger partial charge in [-0.3, -0.25) is 10.4 Å². The Bertz CT molecular complexity index is 201. The first-order valence-electron chi connectivity index (χ1n) is 4.33. The maximum Gasteiger partial charge on any atom is 0.136 e. The highest BCUT2D eigenvalue weighted by Crippen LogP contribution is 2.30. The van der Waals surface area contributed by atoms with E-state index in [0.29, 0.717) is 6.61 Å². The molecule has 2 saturated heterocycles. The largest absolute Gasteiger partial charge is 0.376 e. The predicted molar refractivity (Wildman–Crippen MR) is 40.6 cm³/mol. The third-order valence-electron chi connectivity index (χ3n) is 2.49. The predicted octanol–water partition coefficient (Wildman–Crippen LogP) is -0.820. The summed E-state index contributed by atoms with van der Waals surface area (Å²) in [6, 6.07) is 0. The highest BCUT2D eigenvalue weighted by molar-refractivity contribution is 4.95. The van der Waals surface area contributed by atoms with Crippen LogP contribution in [0.15, 0.2) is 0 Å². The lowest BCUT2D eigenvalue weighted by atomic mass is 10.1. The molecule has 0 aromatic rings. The molecule has 14 heavy (non-hydrogen) atoms. The van der Waals surface area contributed by atoms with E-state index >= 15 is 0 Å². The molecule has 0 radical (unpaired) electrons. The van der Waals surface area contributed by atoms with E-state index in [9.17, 15) is 0 Å². The molecule has 7 heteroatoms. The number of hydrogen-bond acceptors (Lipinski definition) is 7. The van der Waals surface area contributed by atoms with Crippen molar-refractivity contribution in [1.82, 2.24) is 5.39 Å². The molecule has 0 aromatic carbocycles. The molecule has 2 N–H and O–H groups in total. The third-order valence-corrected chi connectivity index (χ3v) is 2.49. The van der Waals surface area contributed by atoms with E-state index in [1.807, 2.05) is 0 Å². The fourth-order valence-corrected chi connectivity index (χ4v) is 1.84. The van der Waals surface area contributed by atoms with Crippen molar-refractivity contribution < 1.29 is 29.5 Å². The number of fused-ring (bicyclic) bond motifs is 1. The number of ether oxygens (including phenoxy) is 3. The summed E-state index contributed by atoms with van der Waals surface area (Å²) >= 11 is 0. The van der Waals surface area contributed by atoms with Crippen molar-refractivity contribution in [3.63, 3.8) is 0 Å². The highest BCUT2D eigenvalue weighted by atomic mass is 17.1. The van der Waals surface area contributed by atoms with Crippen LogP contribution < -0.4 is 0 Å². The molecule has 4 atom stereocenters. The monoisotopic (exact) mass is 207 g/mol. The lowest BCUT2D eigenvalue weighted by Crippen LogP contribution is -2.36. The summed E-state index contributed by atoms with van der Waals surface area (Å²) in [5.41, 5.74) is 0. The maximum atomic E-state index is 8.48. The van der Waals surface area contributed by atoms with Gasteiger partial charge in [-0.1, -0.05) is 0 Å². The summed E-state index contributed by atoms with van der Waals surface area (Å²) in [7, 11) is 1.58. The van der Waals surface area contributed by atoms with Gasteiger partial charge in [-0.2, -0.15) is 0 Å². The Hall–Kier alpha value is -0.280. The summed E-state index contributed by atoms with van der Waals surface area (Å²) in [5.74, 6) is 0. The van der Waals surface area contributed by atoms with Gasteiger partial charge in [0.15, 0.2) is 0 Å². The average molecular weight is 207 g/mol. The number of hydrogen-bond donors (Lipinski definition) is 2. The molecular formula is C7H13NO6. The molecule has 1 unspecified atom stereocenters. The topological polar surface area (TPSA) is 80.6 Å². The van der Waals surface area contributed by atoms with Gasteiger partial charge >= 0.3 is 0 Å². The van der Waals surface area contributed by atoms with Crippen molar-refractivity contribution in [1.29, 1.82) is 0 Å². The molecule has 2 fully saturated rings. The fraction of sp³-hybridized carbons (Fsp3) is 1.00. The van der Waals surface area contributed by atoms with E-state index in [1.54, 1.807) is 7.11 Å². The van der Waals surface area contributed by atoms with Crippen LogP contribution in [0.1, 0.15) is 0 Å². The molecule has 2 aliphatic rings. The molecular weight excluding hydrogens is 194 g/mol. The Kier molecular flexibility index (Phi) is 2.98. The molecule has 0 saturated carbocycles. The number of rotatable bonds is 3. The Labute approximate surface area is 80.6 Å². The Morgan fingerprint density at radius 1 is 1.14 bits per heavy atom. The molecule has 2 heterocycles. The molecule has 82 valence electrons. The average Bonchev–Trinajstić information content (AvgIpc) is 2.67. The summed E-state index contributed by atoms with van der Waals surface area (Å²) in [4.78, 5) is 4.66. The summed E-state index contributed by atoms with van der Waals surface area (Å²) < 4.78 is 15.9. The minimum absolute atomic E-state index is 0.112. The van der Waals surface area contributed by atoms with Crippen LogP contribution in [0.5, 0.6) is 0 Å². The van der Waals surface area contributed by atoms with Gasteiger partial charge in [0.05, 0.1) is 18.6 Å². The number of methoxy groups -OCH3 is 1. The zero-order valence-electron chi connectivity index (χ0n) is 7.70. The lowest BCUT2D eigenvalue weighted by Gasteiger charge is -2.17. The molecule has 0 aliphatic carbocycles. The van der Waals surface area contributed by atoms with Crippen molar-refractivity contribution in [3.8, 4) is 0 Å². The van der Waals surface area contributed by atoms with Gasteiger partial charge in [-0.25, -0.2) is 4.84 Å². The minimum Gasteiger partial charge on any atom is -0.376 e. The first-order chi connectivity index (χ1) is 6.72. The standard InChI is InChI=1S/C7H13NO6/c1-11-4-2-12-7-5(14-8(9)10)3-13-6(4)7/h4-7,9-10H,2-3H2,1H3/t4-,5?,6+,7+/m0/s1. The Morgan fingerprint density at radius 3 is 2.29 bits per heavy atom. The molecule has 7 nitrogen and oxygen atoms in total. The molecule has 0 bridgehead atoms. The molecule has 0 amide bonds. The fourth-order valence-electron chi connectivity index (χ4n) is 1.84. The van der Waals surface area contributed by atoms with E-state index in [-0.39, 0.29) is 30.3 Å². The van der Waals surface area contributed by atoms with Crippen LogP contribution in [0.3, 0.4) is 0 Å². The van der Waals surface area contributed by atoms with Crippen molar-refractivity contribution in [2.75, 3.05) is 20.3 Å². The summed E-state index contributed by atoms with van der Waals surface area (Å²) in [5, 5.41) is 16.6. The summed E-state index contributed by atoms with van der Waals surface area (Å²) in [6.07, 6.45) is -1.11. The van der Waals surface area contributed by atoms with Crippen molar-refractivity contribution in [2.24, 2.45) is 0 Å². The number of nitrogens with zero attached hydrogens (tertiary/aromatic N) is 1. The van der Waals surface area contributed by atoms with Crippen molar-refractivity contribution in [3.05, 3.63) is 0 Å². The first-order valence-corrected chi connectivity index (χ1v) is 4.33. The van der Waals surface area contributed by atoms with Crippen LogP contribution in [0.4, 0.5) is 0 Å². The van der Waals surface area contributed by atoms with E-state index in [0.717, 1.165) is 0 Å². The van der Waals surface area contributed by atoms with Crippen molar-refractivity contribution in [2.45, 2.75) is 24.4 Å². The van der Waals surface area contributed by atoms with Crippen LogP contribution in [0, 0.1) is 0 Å². The van der Waals surface area contributed by atoms with Crippen LogP contribution in [0.25, 0.3) is 0 Å². The zero-order chi connectivity index (χ0) is 10.1. The molecule has 2 rings (SSSR count). The second kappa shape index (κ2) is 4.07. The lowest BCUT2D eigenvalue weighted by molar-refractivity contribution is -0.507. The molecule has 0 aromatic heterocycles. The molecule has 0 spiro atoms. The van der Waals surface area contributed by atoms with Gasteiger partial charge in [-0.15, -0.1) is 0 Å². The Morgan fingerprint density at radius 2 is 1.71 bits per heavy atom. The van der Waals surface area contributed by atoms with Crippen LogP contribution in [0.2, 0.25) is 0 Å². The Balaban J connectivity index is 1.94. The van der Waals surface area contributed by atoms with Gasteiger partial charge in [0, 0.05) is 7.11 Å². The third kappa shape index (κ3) is 1.75. The summed E-state index contributed by atoms with van der Waals surface area (Å²) in [6.45, 7) is 0.690. The van der Waals surface area contributed by atoms with Gasteiger partial charge < -0.3 is 14.2 Å². The van der Waals surface area contributed by atoms with Gasteiger partial charge in [-0.05, 0) is 0 Å². The van der Waals surface area contributed by atoms with E-state index in [1.165, 1.54) is 0 Å². The SMILES string of the molecule is CO[C@H]1CO[C@@H]2C(ON(O)O)CO[C@H]12. The zero-order valence-corrected chi connectivity index (χ0v) is 7.70. The second-order valence-corrected chi connectivity index (χ2v) is 3.27.